The number of esters is 1. The summed E-state index contributed by atoms with van der Waals surface area (Å²) in [4.78, 5) is 49.2. The number of carbonyl (C=O) groups excluding carboxylic acids is 4. The van der Waals surface area contributed by atoms with Crippen LogP contribution in [-0.4, -0.2) is 58.1 Å². The lowest BCUT2D eigenvalue weighted by Gasteiger charge is -2.31. The topological polar surface area (TPSA) is 171 Å². The van der Waals surface area contributed by atoms with E-state index in [-0.39, 0.29) is 60.8 Å². The number of anilines is 1. The molecule has 234 valence electrons. The number of benzene rings is 1. The molecule has 0 aliphatic heterocycles. The maximum absolute atomic E-state index is 13.9. The summed E-state index contributed by atoms with van der Waals surface area (Å²) in [6.45, 7) is 5.33. The number of hydrogen-bond donors (Lipinski definition) is 4. The molecule has 1 atom stereocenters. The SMILES string of the molecule is CC(NC(=O)CCN)C(=O)OC1CCC(Nc2cc(-n3nc(C(F)(F)F)c4c3CC(C)(C)CC4=O)ccc2C(N)=O)CC1. The summed E-state index contributed by atoms with van der Waals surface area (Å²) < 4.78 is 48.4. The van der Waals surface area contributed by atoms with Crippen molar-refractivity contribution in [2.24, 2.45) is 16.9 Å². The first kappa shape index (κ1) is 32.0. The molecule has 0 saturated heterocycles. The summed E-state index contributed by atoms with van der Waals surface area (Å²) in [5, 5.41) is 9.66. The van der Waals surface area contributed by atoms with E-state index in [1.54, 1.807) is 0 Å². The van der Waals surface area contributed by atoms with Crippen LogP contribution in [0.2, 0.25) is 0 Å². The first-order chi connectivity index (χ1) is 20.1. The van der Waals surface area contributed by atoms with Gasteiger partial charge in [-0.1, -0.05) is 13.8 Å². The molecular weight excluding hydrogens is 569 g/mol. The van der Waals surface area contributed by atoms with Crippen LogP contribution in [0.4, 0.5) is 18.9 Å². The molecule has 4 rings (SSSR count). The zero-order valence-corrected chi connectivity index (χ0v) is 24.3. The molecule has 1 aromatic carbocycles. The van der Waals surface area contributed by atoms with Gasteiger partial charge >= 0.3 is 12.1 Å². The normalized spacial score (nSPS) is 20.6. The quantitative estimate of drug-likeness (QED) is 0.315. The molecule has 14 heteroatoms. The number of alkyl halides is 3. The van der Waals surface area contributed by atoms with Crippen molar-refractivity contribution >= 4 is 29.3 Å². The fraction of sp³-hybridized carbons (Fsp3) is 0.552. The highest BCUT2D eigenvalue weighted by atomic mass is 19.4. The second-order valence-corrected chi connectivity index (χ2v) is 12.0. The lowest BCUT2D eigenvalue weighted by molar-refractivity contribution is -0.154. The molecule has 1 aromatic heterocycles. The molecule has 1 unspecified atom stereocenters. The summed E-state index contributed by atoms with van der Waals surface area (Å²) in [5.74, 6) is -2.22. The highest BCUT2D eigenvalue weighted by molar-refractivity contribution is 6.00. The number of halogens is 3. The van der Waals surface area contributed by atoms with Crippen molar-refractivity contribution in [1.82, 2.24) is 15.1 Å². The molecule has 0 radical (unpaired) electrons. The van der Waals surface area contributed by atoms with Gasteiger partial charge in [0.05, 0.1) is 22.5 Å². The number of ether oxygens (including phenoxy) is 1. The van der Waals surface area contributed by atoms with Gasteiger partial charge in [-0.25, -0.2) is 9.48 Å². The highest BCUT2D eigenvalue weighted by Gasteiger charge is 2.45. The number of rotatable bonds is 9. The van der Waals surface area contributed by atoms with Gasteiger partial charge in [-0.05, 0) is 62.6 Å². The second-order valence-electron chi connectivity index (χ2n) is 12.0. The van der Waals surface area contributed by atoms with Crippen LogP contribution in [0.25, 0.3) is 5.69 Å². The molecule has 2 aliphatic carbocycles. The third-order valence-electron chi connectivity index (χ3n) is 7.75. The van der Waals surface area contributed by atoms with E-state index in [1.807, 2.05) is 13.8 Å². The van der Waals surface area contributed by atoms with Gasteiger partial charge in [0.15, 0.2) is 11.5 Å². The average Bonchev–Trinajstić information content (AvgIpc) is 3.29. The largest absolute Gasteiger partial charge is 0.461 e. The van der Waals surface area contributed by atoms with Gasteiger partial charge in [0.1, 0.15) is 12.1 Å². The van der Waals surface area contributed by atoms with Gasteiger partial charge in [-0.3, -0.25) is 14.4 Å². The molecule has 43 heavy (non-hydrogen) atoms. The Balaban J connectivity index is 1.52. The summed E-state index contributed by atoms with van der Waals surface area (Å²) in [7, 11) is 0. The molecule has 0 bridgehead atoms. The Morgan fingerprint density at radius 2 is 1.84 bits per heavy atom. The third-order valence-corrected chi connectivity index (χ3v) is 7.75. The molecule has 2 aliphatic rings. The van der Waals surface area contributed by atoms with Crippen LogP contribution in [0.1, 0.15) is 91.4 Å². The molecule has 6 N–H and O–H groups in total. The number of primary amides is 1. The van der Waals surface area contributed by atoms with E-state index in [2.05, 4.69) is 15.7 Å². The number of amides is 2. The van der Waals surface area contributed by atoms with Crippen LogP contribution < -0.4 is 22.1 Å². The predicted molar refractivity (Wildman–Crippen MR) is 151 cm³/mol. The molecule has 1 fully saturated rings. The zero-order valence-electron chi connectivity index (χ0n) is 24.3. The van der Waals surface area contributed by atoms with Gasteiger partial charge in [0, 0.05) is 31.1 Å². The molecular formula is C29H37F3N6O5. The van der Waals surface area contributed by atoms with E-state index in [0.717, 1.165) is 4.68 Å². The van der Waals surface area contributed by atoms with Crippen molar-refractivity contribution < 1.29 is 37.1 Å². The minimum absolute atomic E-state index is 0.0258. The van der Waals surface area contributed by atoms with Crippen molar-refractivity contribution in [3.05, 3.63) is 40.7 Å². The minimum atomic E-state index is -4.82. The summed E-state index contributed by atoms with van der Waals surface area (Å²) in [6.07, 6.45) is -2.76. The van der Waals surface area contributed by atoms with Crippen LogP contribution in [0.3, 0.4) is 0 Å². The maximum Gasteiger partial charge on any atom is 0.435 e. The van der Waals surface area contributed by atoms with Crippen molar-refractivity contribution in [2.45, 2.75) is 90.1 Å². The number of aromatic nitrogens is 2. The number of nitrogens with zero attached hydrogens (tertiary/aromatic N) is 2. The summed E-state index contributed by atoms with van der Waals surface area (Å²) >= 11 is 0. The molecule has 2 aromatic rings. The van der Waals surface area contributed by atoms with E-state index < -0.39 is 46.6 Å². The van der Waals surface area contributed by atoms with Crippen molar-refractivity contribution in [3.8, 4) is 5.69 Å². The van der Waals surface area contributed by atoms with E-state index >= 15 is 0 Å². The molecule has 1 heterocycles. The van der Waals surface area contributed by atoms with Crippen LogP contribution in [-0.2, 0) is 26.9 Å². The standard InChI is InChI=1S/C29H37F3N6O5/c1-15(35-23(40)10-11-33)27(42)43-18-7-4-16(5-8-18)36-20-12-17(6-9-19(20)26(34)41)38-21-13-28(2,3)14-22(39)24(21)25(37-38)29(30,31)32/h6,9,12,15-16,18,36H,4-5,7-8,10-11,13-14,33H2,1-3H3,(H2,34,41)(H,35,40). The molecule has 11 nitrogen and oxygen atoms in total. The van der Waals surface area contributed by atoms with Crippen molar-refractivity contribution in [2.75, 3.05) is 11.9 Å². The Morgan fingerprint density at radius 3 is 2.44 bits per heavy atom. The van der Waals surface area contributed by atoms with E-state index in [0.29, 0.717) is 31.4 Å². The van der Waals surface area contributed by atoms with Gasteiger partial charge in [-0.2, -0.15) is 18.3 Å². The van der Waals surface area contributed by atoms with E-state index in [1.165, 1.54) is 25.1 Å². The van der Waals surface area contributed by atoms with Crippen LogP contribution in [0.15, 0.2) is 18.2 Å². The number of fused-ring (bicyclic) bond motifs is 1. The van der Waals surface area contributed by atoms with Gasteiger partial charge in [0.2, 0.25) is 5.91 Å². The van der Waals surface area contributed by atoms with Crippen molar-refractivity contribution in [3.63, 3.8) is 0 Å². The maximum atomic E-state index is 13.9. The Morgan fingerprint density at radius 1 is 1.16 bits per heavy atom. The monoisotopic (exact) mass is 606 g/mol. The highest BCUT2D eigenvalue weighted by Crippen LogP contribution is 2.42. The number of hydrogen-bond acceptors (Lipinski definition) is 8. The van der Waals surface area contributed by atoms with Crippen LogP contribution >= 0.6 is 0 Å². The zero-order chi connectivity index (χ0) is 31.7. The van der Waals surface area contributed by atoms with Gasteiger partial charge < -0.3 is 26.8 Å². The Bertz CT molecular complexity index is 1410. The van der Waals surface area contributed by atoms with Gasteiger partial charge in [0.25, 0.3) is 5.91 Å². The predicted octanol–water partition coefficient (Wildman–Crippen LogP) is 3.26. The molecule has 0 spiro atoms. The fourth-order valence-electron chi connectivity index (χ4n) is 5.67. The number of nitrogens with one attached hydrogen (secondary N) is 2. The molecule has 2 amide bonds. The van der Waals surface area contributed by atoms with E-state index in [9.17, 15) is 32.3 Å². The summed E-state index contributed by atoms with van der Waals surface area (Å²) in [6, 6.07) is 3.42. The minimum Gasteiger partial charge on any atom is -0.461 e. The second kappa shape index (κ2) is 12.3. The fourth-order valence-corrected chi connectivity index (χ4v) is 5.67. The number of nitrogens with two attached hydrogens (primary N) is 2. The lowest BCUT2D eigenvalue weighted by atomic mass is 9.75. The van der Waals surface area contributed by atoms with Crippen LogP contribution in [0, 0.1) is 5.41 Å². The van der Waals surface area contributed by atoms with E-state index in [4.69, 9.17) is 16.2 Å². The summed E-state index contributed by atoms with van der Waals surface area (Å²) in [5.41, 5.74) is 9.64. The first-order valence-corrected chi connectivity index (χ1v) is 14.2. The van der Waals surface area contributed by atoms with Gasteiger partial charge in [-0.15, -0.1) is 0 Å². The average molecular weight is 607 g/mol. The Labute approximate surface area is 246 Å². The first-order valence-electron chi connectivity index (χ1n) is 14.2. The number of ketones is 1. The Hall–Kier alpha value is -3.94. The lowest BCUT2D eigenvalue weighted by Crippen LogP contribution is -2.42. The third kappa shape index (κ3) is 7.35. The van der Waals surface area contributed by atoms with Crippen LogP contribution in [0.5, 0.6) is 0 Å². The van der Waals surface area contributed by atoms with Crippen molar-refractivity contribution in [1.29, 1.82) is 0 Å². The smallest absolute Gasteiger partial charge is 0.435 e. The molecule has 1 saturated carbocycles. The Kier molecular flexibility index (Phi) is 9.19. The number of carbonyl (C=O) groups is 4. The number of Topliss-reactive ketones (excluding diaryl/α,β-unsaturated/α-hetero) is 1.